The van der Waals surface area contributed by atoms with Gasteiger partial charge in [-0.05, 0) is 29.8 Å². The molecule has 25 heavy (non-hydrogen) atoms. The Labute approximate surface area is 146 Å². The number of rotatable bonds is 4. The molecule has 1 N–H and O–H groups in total. The van der Waals surface area contributed by atoms with Crippen LogP contribution in [0.2, 0.25) is 0 Å². The molecule has 0 saturated heterocycles. The number of nitrogens with zero attached hydrogens (tertiary/aromatic N) is 2. The average molecular weight is 333 g/mol. The Bertz CT molecular complexity index is 914. The molecule has 5 nitrogen and oxygen atoms in total. The molecule has 0 radical (unpaired) electrons. The average Bonchev–Trinajstić information content (AvgIpc) is 2.67. The molecule has 2 aromatic carbocycles. The van der Waals surface area contributed by atoms with Crippen LogP contribution >= 0.6 is 0 Å². The zero-order valence-corrected chi connectivity index (χ0v) is 14.2. The predicted octanol–water partition coefficient (Wildman–Crippen LogP) is 2.87. The number of para-hydroxylation sites is 1. The van der Waals surface area contributed by atoms with Gasteiger partial charge in [0.2, 0.25) is 0 Å². The van der Waals surface area contributed by atoms with E-state index in [0.717, 1.165) is 10.9 Å². The number of nitrogens with one attached hydrogen (secondary N) is 1. The molecule has 5 heteroatoms. The highest BCUT2D eigenvalue weighted by Crippen LogP contribution is 2.18. The minimum atomic E-state index is -0.127. The molecule has 0 fully saturated rings. The van der Waals surface area contributed by atoms with Gasteiger partial charge in [0.05, 0.1) is 11.1 Å². The lowest BCUT2D eigenvalue weighted by Gasteiger charge is -2.18. The Morgan fingerprint density at radius 3 is 2.48 bits per heavy atom. The van der Waals surface area contributed by atoms with Crippen LogP contribution in [0.3, 0.4) is 0 Å². The SMILES string of the molecule is CNC(=O)c1ccc(CN(C)C(=O)c2cccc3cccnc23)cc1. The third-order valence-electron chi connectivity index (χ3n) is 4.07. The lowest BCUT2D eigenvalue weighted by molar-refractivity contribution is 0.0786. The molecule has 0 spiro atoms. The predicted molar refractivity (Wildman–Crippen MR) is 97.4 cm³/mol. The van der Waals surface area contributed by atoms with Gasteiger partial charge in [0.15, 0.2) is 0 Å². The largest absolute Gasteiger partial charge is 0.355 e. The molecule has 3 aromatic rings. The number of benzene rings is 2. The molecule has 0 aliphatic heterocycles. The highest BCUT2D eigenvalue weighted by molar-refractivity contribution is 6.05. The molecule has 0 unspecified atom stereocenters. The second-order valence-corrected chi connectivity index (χ2v) is 5.82. The summed E-state index contributed by atoms with van der Waals surface area (Å²) in [6.07, 6.45) is 1.69. The van der Waals surface area contributed by atoms with E-state index in [2.05, 4.69) is 10.3 Å². The van der Waals surface area contributed by atoms with Crippen molar-refractivity contribution >= 4 is 22.7 Å². The van der Waals surface area contributed by atoms with Crippen LogP contribution in [0.1, 0.15) is 26.3 Å². The number of hydrogen-bond donors (Lipinski definition) is 1. The van der Waals surface area contributed by atoms with E-state index in [1.54, 1.807) is 43.4 Å². The molecule has 1 heterocycles. The van der Waals surface area contributed by atoms with Gasteiger partial charge in [-0.15, -0.1) is 0 Å². The summed E-state index contributed by atoms with van der Waals surface area (Å²) in [6.45, 7) is 0.454. The summed E-state index contributed by atoms with van der Waals surface area (Å²) < 4.78 is 0. The first-order valence-corrected chi connectivity index (χ1v) is 8.00. The molecule has 0 aliphatic rings. The third kappa shape index (κ3) is 3.50. The maximum absolute atomic E-state index is 12.8. The normalized spacial score (nSPS) is 10.5. The molecular formula is C20H19N3O2. The van der Waals surface area contributed by atoms with Crippen molar-refractivity contribution in [2.45, 2.75) is 6.54 Å². The Balaban J connectivity index is 1.79. The van der Waals surface area contributed by atoms with Crippen molar-refractivity contribution in [3.63, 3.8) is 0 Å². The van der Waals surface area contributed by atoms with Gasteiger partial charge in [-0.2, -0.15) is 0 Å². The van der Waals surface area contributed by atoms with Crippen molar-refractivity contribution in [1.29, 1.82) is 0 Å². The number of fused-ring (bicyclic) bond motifs is 1. The quantitative estimate of drug-likeness (QED) is 0.798. The zero-order chi connectivity index (χ0) is 17.8. The van der Waals surface area contributed by atoms with Crippen molar-refractivity contribution in [3.05, 3.63) is 77.5 Å². The van der Waals surface area contributed by atoms with E-state index in [1.165, 1.54) is 0 Å². The number of aromatic nitrogens is 1. The Kier molecular flexibility index (Phi) is 4.75. The van der Waals surface area contributed by atoms with Crippen molar-refractivity contribution in [2.75, 3.05) is 14.1 Å². The van der Waals surface area contributed by atoms with Gasteiger partial charge >= 0.3 is 0 Å². The van der Waals surface area contributed by atoms with Crippen LogP contribution in [0.15, 0.2) is 60.8 Å². The second kappa shape index (κ2) is 7.13. The zero-order valence-electron chi connectivity index (χ0n) is 14.2. The summed E-state index contributed by atoms with van der Waals surface area (Å²) in [5.74, 6) is -0.211. The fraction of sp³-hybridized carbons (Fsp3) is 0.150. The molecule has 0 bridgehead atoms. The maximum atomic E-state index is 12.8. The number of carbonyl (C=O) groups is 2. The monoisotopic (exact) mass is 333 g/mol. The topological polar surface area (TPSA) is 62.3 Å². The molecule has 1 aromatic heterocycles. The fourth-order valence-electron chi connectivity index (χ4n) is 2.73. The van der Waals surface area contributed by atoms with Crippen LogP contribution in [0, 0.1) is 0 Å². The van der Waals surface area contributed by atoms with Crippen LogP contribution in [-0.4, -0.2) is 35.8 Å². The smallest absolute Gasteiger partial charge is 0.256 e. The van der Waals surface area contributed by atoms with E-state index >= 15 is 0 Å². The summed E-state index contributed by atoms with van der Waals surface area (Å²) in [6, 6.07) is 16.6. The highest BCUT2D eigenvalue weighted by Gasteiger charge is 2.15. The van der Waals surface area contributed by atoms with E-state index in [-0.39, 0.29) is 11.8 Å². The number of hydrogen-bond acceptors (Lipinski definition) is 3. The summed E-state index contributed by atoms with van der Waals surface area (Å²) in [5, 5.41) is 3.53. The summed E-state index contributed by atoms with van der Waals surface area (Å²) in [7, 11) is 3.36. The highest BCUT2D eigenvalue weighted by atomic mass is 16.2. The van der Waals surface area contributed by atoms with Crippen LogP contribution < -0.4 is 5.32 Å². The Morgan fingerprint density at radius 1 is 1.04 bits per heavy atom. The van der Waals surface area contributed by atoms with Crippen molar-refractivity contribution in [3.8, 4) is 0 Å². The van der Waals surface area contributed by atoms with Crippen molar-refractivity contribution in [1.82, 2.24) is 15.2 Å². The molecule has 0 atom stereocenters. The van der Waals surface area contributed by atoms with Crippen molar-refractivity contribution in [2.24, 2.45) is 0 Å². The number of carbonyl (C=O) groups excluding carboxylic acids is 2. The van der Waals surface area contributed by atoms with Gasteiger partial charge in [-0.25, -0.2) is 0 Å². The lowest BCUT2D eigenvalue weighted by Crippen LogP contribution is -2.26. The maximum Gasteiger partial charge on any atom is 0.256 e. The van der Waals surface area contributed by atoms with Gasteiger partial charge in [0.1, 0.15) is 0 Å². The second-order valence-electron chi connectivity index (χ2n) is 5.82. The van der Waals surface area contributed by atoms with Crippen molar-refractivity contribution < 1.29 is 9.59 Å². The Hall–Kier alpha value is -3.21. The molecule has 3 rings (SSSR count). The molecular weight excluding hydrogens is 314 g/mol. The standard InChI is InChI=1S/C20H19N3O2/c1-21-19(24)16-10-8-14(9-11-16)13-23(2)20(25)17-7-3-5-15-6-4-12-22-18(15)17/h3-12H,13H2,1-2H3,(H,21,24). The van der Waals surface area contributed by atoms with E-state index in [0.29, 0.717) is 23.2 Å². The molecule has 126 valence electrons. The first kappa shape index (κ1) is 16.6. The summed E-state index contributed by atoms with van der Waals surface area (Å²) >= 11 is 0. The van der Waals surface area contributed by atoms with Gasteiger partial charge in [0.25, 0.3) is 11.8 Å². The minimum absolute atomic E-state index is 0.0836. The molecule has 2 amide bonds. The van der Waals surface area contributed by atoms with E-state index in [1.807, 2.05) is 36.4 Å². The summed E-state index contributed by atoms with van der Waals surface area (Å²) in [5.41, 5.74) is 2.84. The van der Waals surface area contributed by atoms with E-state index in [9.17, 15) is 9.59 Å². The molecule has 0 aliphatic carbocycles. The first-order chi connectivity index (χ1) is 12.1. The Morgan fingerprint density at radius 2 is 1.76 bits per heavy atom. The van der Waals surface area contributed by atoms with Gasteiger partial charge in [-0.3, -0.25) is 14.6 Å². The van der Waals surface area contributed by atoms with Gasteiger partial charge < -0.3 is 10.2 Å². The minimum Gasteiger partial charge on any atom is -0.355 e. The van der Waals surface area contributed by atoms with Gasteiger partial charge in [-0.1, -0.05) is 30.3 Å². The summed E-state index contributed by atoms with van der Waals surface area (Å²) in [4.78, 5) is 30.4. The van der Waals surface area contributed by atoms with Crippen LogP contribution in [-0.2, 0) is 6.54 Å². The molecule has 0 saturated carbocycles. The van der Waals surface area contributed by atoms with E-state index < -0.39 is 0 Å². The third-order valence-corrected chi connectivity index (χ3v) is 4.07. The van der Waals surface area contributed by atoms with Crippen LogP contribution in [0.5, 0.6) is 0 Å². The number of pyridine rings is 1. The number of amides is 2. The van der Waals surface area contributed by atoms with Crippen LogP contribution in [0.4, 0.5) is 0 Å². The van der Waals surface area contributed by atoms with Crippen LogP contribution in [0.25, 0.3) is 10.9 Å². The fourth-order valence-corrected chi connectivity index (χ4v) is 2.73. The first-order valence-electron chi connectivity index (χ1n) is 8.00. The lowest BCUT2D eigenvalue weighted by atomic mass is 10.1. The van der Waals surface area contributed by atoms with Gasteiger partial charge in [0, 0.05) is 37.8 Å². The van der Waals surface area contributed by atoms with E-state index in [4.69, 9.17) is 0 Å².